The molecule has 2 unspecified atom stereocenters. The summed E-state index contributed by atoms with van der Waals surface area (Å²) in [6.45, 7) is 4.13. The van der Waals surface area contributed by atoms with Crippen LogP contribution in [0.15, 0.2) is 24.3 Å². The van der Waals surface area contributed by atoms with Crippen LogP contribution in [-0.2, 0) is 0 Å². The van der Waals surface area contributed by atoms with E-state index < -0.39 is 0 Å². The van der Waals surface area contributed by atoms with Crippen molar-refractivity contribution in [1.82, 2.24) is 4.90 Å². The van der Waals surface area contributed by atoms with Gasteiger partial charge in [0.15, 0.2) is 0 Å². The summed E-state index contributed by atoms with van der Waals surface area (Å²) in [5.74, 6) is 0.914. The molecule has 0 bridgehead atoms. The predicted octanol–water partition coefficient (Wildman–Crippen LogP) is 2.12. The molecule has 0 radical (unpaired) electrons. The normalized spacial score (nSPS) is 27.6. The van der Waals surface area contributed by atoms with E-state index in [1.54, 1.807) is 7.11 Å². The number of benzene rings is 1. The van der Waals surface area contributed by atoms with Crippen LogP contribution < -0.4 is 9.64 Å². The topological polar surface area (TPSA) is 35.9 Å². The Balaban J connectivity index is 1.59. The Labute approximate surface area is 127 Å². The zero-order valence-electron chi connectivity index (χ0n) is 12.9. The first kappa shape index (κ1) is 14.7. The van der Waals surface area contributed by atoms with Gasteiger partial charge in [0.05, 0.1) is 13.2 Å². The minimum absolute atomic E-state index is 0.123. The standard InChI is InChI=1S/C17H26N2O2/c1-21-15-6-4-5-14(13-15)18-9-11-19(12-10-18)16-7-2-3-8-17(16)20/h4-6,13,16-17,20H,2-3,7-12H2,1H3. The van der Waals surface area contributed by atoms with Crippen molar-refractivity contribution in [3.05, 3.63) is 24.3 Å². The maximum Gasteiger partial charge on any atom is 0.120 e. The molecule has 1 aliphatic heterocycles. The van der Waals surface area contributed by atoms with Crippen LogP contribution in [0.3, 0.4) is 0 Å². The number of ether oxygens (including phenoxy) is 1. The predicted molar refractivity (Wildman–Crippen MR) is 85.0 cm³/mol. The van der Waals surface area contributed by atoms with E-state index in [1.807, 2.05) is 12.1 Å². The lowest BCUT2D eigenvalue weighted by atomic mass is 9.91. The lowest BCUT2D eigenvalue weighted by Gasteiger charge is -2.43. The molecule has 1 saturated heterocycles. The maximum absolute atomic E-state index is 10.2. The van der Waals surface area contributed by atoms with Gasteiger partial charge in [-0.2, -0.15) is 0 Å². The third-order valence-electron chi connectivity index (χ3n) is 4.90. The van der Waals surface area contributed by atoms with Gasteiger partial charge in [-0.3, -0.25) is 4.90 Å². The maximum atomic E-state index is 10.2. The van der Waals surface area contributed by atoms with Crippen molar-refractivity contribution in [2.45, 2.75) is 37.8 Å². The molecule has 1 aromatic carbocycles. The van der Waals surface area contributed by atoms with Crippen LogP contribution in [0.25, 0.3) is 0 Å². The molecule has 0 amide bonds. The minimum Gasteiger partial charge on any atom is -0.497 e. The summed E-state index contributed by atoms with van der Waals surface area (Å²) in [5, 5.41) is 10.2. The lowest BCUT2D eigenvalue weighted by Crippen LogP contribution is -2.54. The highest BCUT2D eigenvalue weighted by atomic mass is 16.5. The number of aliphatic hydroxyl groups is 1. The molecule has 2 fully saturated rings. The van der Waals surface area contributed by atoms with Crippen LogP contribution in [0.4, 0.5) is 5.69 Å². The zero-order valence-corrected chi connectivity index (χ0v) is 12.9. The highest BCUT2D eigenvalue weighted by Gasteiger charge is 2.30. The molecule has 1 saturated carbocycles. The number of aliphatic hydroxyl groups excluding tert-OH is 1. The minimum atomic E-state index is -0.123. The Bertz CT molecular complexity index is 458. The quantitative estimate of drug-likeness (QED) is 0.925. The number of hydrogen-bond acceptors (Lipinski definition) is 4. The van der Waals surface area contributed by atoms with Crippen LogP contribution in [0.2, 0.25) is 0 Å². The van der Waals surface area contributed by atoms with Crippen molar-refractivity contribution >= 4 is 5.69 Å². The summed E-state index contributed by atoms with van der Waals surface area (Å²) in [6.07, 6.45) is 4.45. The van der Waals surface area contributed by atoms with Crippen molar-refractivity contribution in [3.8, 4) is 5.75 Å². The van der Waals surface area contributed by atoms with Crippen LogP contribution in [0, 0.1) is 0 Å². The molecule has 2 aliphatic rings. The fourth-order valence-electron chi connectivity index (χ4n) is 3.64. The third-order valence-corrected chi connectivity index (χ3v) is 4.90. The number of methoxy groups -OCH3 is 1. The SMILES string of the molecule is COc1cccc(N2CCN(C3CCCCC3O)CC2)c1. The van der Waals surface area contributed by atoms with E-state index in [4.69, 9.17) is 4.74 Å². The summed E-state index contributed by atoms with van der Waals surface area (Å²) in [6, 6.07) is 8.66. The van der Waals surface area contributed by atoms with E-state index in [0.717, 1.165) is 44.8 Å². The first-order chi connectivity index (χ1) is 10.3. The van der Waals surface area contributed by atoms with Crippen LogP contribution in [0.1, 0.15) is 25.7 Å². The van der Waals surface area contributed by atoms with E-state index in [9.17, 15) is 5.11 Å². The van der Waals surface area contributed by atoms with Gasteiger partial charge in [0, 0.05) is 44.0 Å². The smallest absolute Gasteiger partial charge is 0.120 e. The second-order valence-electron chi connectivity index (χ2n) is 6.14. The fraction of sp³-hybridized carbons (Fsp3) is 0.647. The van der Waals surface area contributed by atoms with Gasteiger partial charge >= 0.3 is 0 Å². The molecule has 1 N–H and O–H groups in total. The van der Waals surface area contributed by atoms with Gasteiger partial charge in [-0.25, -0.2) is 0 Å². The van der Waals surface area contributed by atoms with Crippen LogP contribution >= 0.6 is 0 Å². The van der Waals surface area contributed by atoms with Crippen molar-refractivity contribution in [1.29, 1.82) is 0 Å². The molecule has 1 heterocycles. The second kappa shape index (κ2) is 6.67. The Morgan fingerprint density at radius 3 is 2.57 bits per heavy atom. The third kappa shape index (κ3) is 3.33. The molecule has 21 heavy (non-hydrogen) atoms. The molecule has 0 aromatic heterocycles. The molecule has 2 atom stereocenters. The van der Waals surface area contributed by atoms with Gasteiger partial charge in [0.1, 0.15) is 5.75 Å². The number of piperazine rings is 1. The summed E-state index contributed by atoms with van der Waals surface area (Å²) < 4.78 is 5.31. The van der Waals surface area contributed by atoms with Crippen molar-refractivity contribution in [2.24, 2.45) is 0 Å². The van der Waals surface area contributed by atoms with Gasteiger partial charge in [0.2, 0.25) is 0 Å². The monoisotopic (exact) mass is 290 g/mol. The molecular weight excluding hydrogens is 264 g/mol. The molecule has 4 nitrogen and oxygen atoms in total. The van der Waals surface area contributed by atoms with Gasteiger partial charge in [-0.15, -0.1) is 0 Å². The van der Waals surface area contributed by atoms with Gasteiger partial charge in [0.25, 0.3) is 0 Å². The van der Waals surface area contributed by atoms with E-state index >= 15 is 0 Å². The Morgan fingerprint density at radius 2 is 1.86 bits per heavy atom. The lowest BCUT2D eigenvalue weighted by molar-refractivity contribution is 0.0173. The number of hydrogen-bond donors (Lipinski definition) is 1. The second-order valence-corrected chi connectivity index (χ2v) is 6.14. The van der Waals surface area contributed by atoms with Crippen LogP contribution in [-0.4, -0.2) is 55.4 Å². The van der Waals surface area contributed by atoms with Gasteiger partial charge in [-0.1, -0.05) is 18.9 Å². The summed E-state index contributed by atoms with van der Waals surface area (Å²) in [5.41, 5.74) is 1.23. The van der Waals surface area contributed by atoms with E-state index in [1.165, 1.54) is 18.5 Å². The summed E-state index contributed by atoms with van der Waals surface area (Å²) >= 11 is 0. The number of anilines is 1. The molecule has 1 aliphatic carbocycles. The average molecular weight is 290 g/mol. The molecule has 1 aromatic rings. The highest BCUT2D eigenvalue weighted by molar-refractivity contribution is 5.51. The Hall–Kier alpha value is -1.26. The van der Waals surface area contributed by atoms with Crippen LogP contribution in [0.5, 0.6) is 5.75 Å². The highest BCUT2D eigenvalue weighted by Crippen LogP contribution is 2.26. The van der Waals surface area contributed by atoms with Gasteiger partial charge in [-0.05, 0) is 25.0 Å². The number of nitrogens with zero attached hydrogens (tertiary/aromatic N) is 2. The fourth-order valence-corrected chi connectivity index (χ4v) is 3.64. The average Bonchev–Trinajstić information content (AvgIpc) is 2.56. The van der Waals surface area contributed by atoms with Crippen molar-refractivity contribution in [3.63, 3.8) is 0 Å². The van der Waals surface area contributed by atoms with E-state index in [0.29, 0.717) is 6.04 Å². The van der Waals surface area contributed by atoms with Crippen molar-refractivity contribution in [2.75, 3.05) is 38.2 Å². The van der Waals surface area contributed by atoms with E-state index in [-0.39, 0.29) is 6.10 Å². The van der Waals surface area contributed by atoms with Crippen molar-refractivity contribution < 1.29 is 9.84 Å². The zero-order chi connectivity index (χ0) is 14.7. The molecular formula is C17H26N2O2. The molecule has 4 heteroatoms. The first-order valence-corrected chi connectivity index (χ1v) is 8.09. The largest absolute Gasteiger partial charge is 0.497 e. The Kier molecular flexibility index (Phi) is 4.66. The molecule has 0 spiro atoms. The molecule has 116 valence electrons. The summed E-state index contributed by atoms with van der Waals surface area (Å²) in [4.78, 5) is 4.90. The Morgan fingerprint density at radius 1 is 1.10 bits per heavy atom. The van der Waals surface area contributed by atoms with Gasteiger partial charge < -0.3 is 14.7 Å². The summed E-state index contributed by atoms with van der Waals surface area (Å²) in [7, 11) is 1.71. The number of rotatable bonds is 3. The first-order valence-electron chi connectivity index (χ1n) is 8.09. The molecule has 3 rings (SSSR count). The van der Waals surface area contributed by atoms with E-state index in [2.05, 4.69) is 21.9 Å².